The predicted octanol–water partition coefficient (Wildman–Crippen LogP) is 3.04. The van der Waals surface area contributed by atoms with Crippen LogP contribution in [0.5, 0.6) is 5.75 Å². The molecule has 1 fully saturated rings. The summed E-state index contributed by atoms with van der Waals surface area (Å²) >= 11 is 0. The second kappa shape index (κ2) is 8.01. The molecule has 5 nitrogen and oxygen atoms in total. The van der Waals surface area contributed by atoms with Crippen molar-refractivity contribution in [3.05, 3.63) is 65.2 Å². The van der Waals surface area contributed by atoms with E-state index in [1.165, 1.54) is 16.7 Å². The fourth-order valence-corrected chi connectivity index (χ4v) is 4.20. The summed E-state index contributed by atoms with van der Waals surface area (Å²) in [7, 11) is 0. The summed E-state index contributed by atoms with van der Waals surface area (Å²) in [5.74, 6) is 1.60. The second-order valence-electron chi connectivity index (χ2n) is 7.65. The van der Waals surface area contributed by atoms with Gasteiger partial charge in [-0.15, -0.1) is 0 Å². The normalized spacial score (nSPS) is 21.0. The van der Waals surface area contributed by atoms with Crippen molar-refractivity contribution >= 4 is 5.84 Å². The molecule has 142 valence electrons. The average molecular weight is 365 g/mol. The molecule has 2 aliphatic rings. The lowest BCUT2D eigenvalue weighted by molar-refractivity contribution is 0.126. The van der Waals surface area contributed by atoms with Crippen LogP contribution in [0.25, 0.3) is 0 Å². The lowest BCUT2D eigenvalue weighted by Gasteiger charge is -2.32. The van der Waals surface area contributed by atoms with E-state index in [0.29, 0.717) is 5.84 Å². The summed E-state index contributed by atoms with van der Waals surface area (Å²) in [6.45, 7) is 2.87. The fraction of sp³-hybridized carbons (Fsp3) is 0.409. The average Bonchev–Trinajstić information content (AvgIpc) is 3.10. The molecule has 2 heterocycles. The number of amidine groups is 1. The fourth-order valence-electron chi connectivity index (χ4n) is 4.20. The third-order valence-electron chi connectivity index (χ3n) is 5.70. The Bertz CT molecular complexity index is 798. The Labute approximate surface area is 160 Å². The van der Waals surface area contributed by atoms with Gasteiger partial charge in [-0.25, -0.2) is 0 Å². The van der Waals surface area contributed by atoms with Gasteiger partial charge in [0.15, 0.2) is 0 Å². The summed E-state index contributed by atoms with van der Waals surface area (Å²) in [6, 6.07) is 17.2. The van der Waals surface area contributed by atoms with Gasteiger partial charge in [-0.2, -0.15) is 0 Å². The Kier molecular flexibility index (Phi) is 5.30. The van der Waals surface area contributed by atoms with Gasteiger partial charge in [-0.3, -0.25) is 4.90 Å². The first-order chi connectivity index (χ1) is 13.2. The second-order valence-corrected chi connectivity index (χ2v) is 7.65. The van der Waals surface area contributed by atoms with Crippen LogP contribution in [0.3, 0.4) is 0 Å². The van der Waals surface area contributed by atoms with Gasteiger partial charge >= 0.3 is 0 Å². The maximum absolute atomic E-state index is 8.83. The van der Waals surface area contributed by atoms with E-state index in [2.05, 4.69) is 58.6 Å². The van der Waals surface area contributed by atoms with E-state index in [1.54, 1.807) is 0 Å². The van der Waals surface area contributed by atoms with Crippen molar-refractivity contribution in [2.75, 3.05) is 19.6 Å². The molecular formula is C22H27N3O2. The number of benzene rings is 2. The van der Waals surface area contributed by atoms with Gasteiger partial charge in [0.1, 0.15) is 17.7 Å². The molecular weight excluding hydrogens is 338 g/mol. The van der Waals surface area contributed by atoms with E-state index in [9.17, 15) is 0 Å². The van der Waals surface area contributed by atoms with Crippen molar-refractivity contribution in [3.8, 4) is 5.75 Å². The first-order valence-electron chi connectivity index (χ1n) is 9.73. The number of hydrogen-bond donors (Lipinski definition) is 2. The van der Waals surface area contributed by atoms with Crippen LogP contribution in [-0.2, 0) is 12.8 Å². The summed E-state index contributed by atoms with van der Waals surface area (Å²) in [5, 5.41) is 12.0. The zero-order valence-corrected chi connectivity index (χ0v) is 15.6. The summed E-state index contributed by atoms with van der Waals surface area (Å²) in [6.07, 6.45) is 4.03. The standard InChI is InChI=1S/C22H27N3O2/c23-22(24-26)18-8-10-25(11-9-18)15-20-14-19-13-17(6-7-21(19)27-20)12-16-4-2-1-3-5-16/h1-7,13,18,20,26H,8-12,14-15H2,(H2,23,24). The topological polar surface area (TPSA) is 71.1 Å². The highest BCUT2D eigenvalue weighted by Crippen LogP contribution is 2.31. The molecule has 1 atom stereocenters. The molecule has 1 saturated heterocycles. The van der Waals surface area contributed by atoms with E-state index in [0.717, 1.165) is 51.1 Å². The zero-order valence-electron chi connectivity index (χ0n) is 15.6. The van der Waals surface area contributed by atoms with Crippen molar-refractivity contribution in [3.63, 3.8) is 0 Å². The van der Waals surface area contributed by atoms with Crippen LogP contribution >= 0.6 is 0 Å². The van der Waals surface area contributed by atoms with E-state index >= 15 is 0 Å². The number of ether oxygens (including phenoxy) is 1. The Morgan fingerprint density at radius 2 is 1.89 bits per heavy atom. The molecule has 1 unspecified atom stereocenters. The quantitative estimate of drug-likeness (QED) is 0.370. The first-order valence-corrected chi connectivity index (χ1v) is 9.73. The van der Waals surface area contributed by atoms with Crippen LogP contribution in [0, 0.1) is 5.92 Å². The molecule has 0 saturated carbocycles. The van der Waals surface area contributed by atoms with Crippen LogP contribution < -0.4 is 10.5 Å². The monoisotopic (exact) mass is 365 g/mol. The molecule has 0 radical (unpaired) electrons. The Balaban J connectivity index is 1.32. The van der Waals surface area contributed by atoms with E-state index < -0.39 is 0 Å². The first kappa shape index (κ1) is 17.9. The van der Waals surface area contributed by atoms with Gasteiger partial charge in [0, 0.05) is 18.9 Å². The largest absolute Gasteiger partial charge is 0.488 e. The number of hydrogen-bond acceptors (Lipinski definition) is 4. The Morgan fingerprint density at radius 1 is 1.11 bits per heavy atom. The highest BCUT2D eigenvalue weighted by Gasteiger charge is 2.28. The molecule has 2 aromatic carbocycles. The minimum absolute atomic E-state index is 0.202. The molecule has 5 heteroatoms. The lowest BCUT2D eigenvalue weighted by atomic mass is 9.95. The molecule has 2 aliphatic heterocycles. The number of nitrogens with zero attached hydrogens (tertiary/aromatic N) is 2. The number of oxime groups is 1. The number of rotatable bonds is 5. The number of likely N-dealkylation sites (tertiary alicyclic amines) is 1. The molecule has 0 aliphatic carbocycles. The molecule has 27 heavy (non-hydrogen) atoms. The van der Waals surface area contributed by atoms with E-state index in [4.69, 9.17) is 15.7 Å². The Morgan fingerprint density at radius 3 is 2.63 bits per heavy atom. The van der Waals surface area contributed by atoms with Crippen molar-refractivity contribution < 1.29 is 9.94 Å². The third kappa shape index (κ3) is 4.25. The molecule has 0 amide bonds. The smallest absolute Gasteiger partial charge is 0.142 e. The molecule has 2 aromatic rings. The van der Waals surface area contributed by atoms with Crippen LogP contribution in [0.15, 0.2) is 53.7 Å². The SMILES string of the molecule is NC(=NO)C1CCN(CC2Cc3cc(Cc4ccccc4)ccc3O2)CC1. The minimum Gasteiger partial charge on any atom is -0.488 e. The summed E-state index contributed by atoms with van der Waals surface area (Å²) < 4.78 is 6.18. The third-order valence-corrected chi connectivity index (χ3v) is 5.70. The van der Waals surface area contributed by atoms with Crippen molar-refractivity contribution in [1.29, 1.82) is 0 Å². The molecule has 4 rings (SSSR count). The number of nitrogens with two attached hydrogens (primary N) is 1. The van der Waals surface area contributed by atoms with Gasteiger partial charge in [0.2, 0.25) is 0 Å². The van der Waals surface area contributed by atoms with Crippen LogP contribution in [-0.4, -0.2) is 41.7 Å². The maximum Gasteiger partial charge on any atom is 0.142 e. The maximum atomic E-state index is 8.83. The highest BCUT2D eigenvalue weighted by molar-refractivity contribution is 5.82. The number of fused-ring (bicyclic) bond motifs is 1. The summed E-state index contributed by atoms with van der Waals surface area (Å²) in [4.78, 5) is 2.43. The zero-order chi connectivity index (χ0) is 18.6. The Hall–Kier alpha value is -2.53. The summed E-state index contributed by atoms with van der Waals surface area (Å²) in [5.41, 5.74) is 9.73. The van der Waals surface area contributed by atoms with Crippen LogP contribution in [0.4, 0.5) is 0 Å². The minimum atomic E-state index is 0.202. The van der Waals surface area contributed by atoms with Crippen molar-refractivity contribution in [2.24, 2.45) is 16.8 Å². The van der Waals surface area contributed by atoms with Gasteiger partial charge in [0.25, 0.3) is 0 Å². The number of piperidine rings is 1. The van der Waals surface area contributed by atoms with Crippen LogP contribution in [0.1, 0.15) is 29.5 Å². The van der Waals surface area contributed by atoms with Gasteiger partial charge in [0.05, 0.1) is 0 Å². The highest BCUT2D eigenvalue weighted by atomic mass is 16.5. The van der Waals surface area contributed by atoms with Crippen LogP contribution in [0.2, 0.25) is 0 Å². The van der Waals surface area contributed by atoms with E-state index in [1.807, 2.05) is 0 Å². The van der Waals surface area contributed by atoms with Crippen molar-refractivity contribution in [2.45, 2.75) is 31.8 Å². The van der Waals surface area contributed by atoms with Gasteiger partial charge in [-0.05, 0) is 55.1 Å². The molecule has 3 N–H and O–H groups in total. The predicted molar refractivity (Wildman–Crippen MR) is 106 cm³/mol. The van der Waals surface area contributed by atoms with Gasteiger partial charge in [-0.1, -0.05) is 47.6 Å². The lowest BCUT2D eigenvalue weighted by Crippen LogP contribution is -2.42. The van der Waals surface area contributed by atoms with E-state index in [-0.39, 0.29) is 12.0 Å². The molecule has 0 bridgehead atoms. The van der Waals surface area contributed by atoms with Crippen molar-refractivity contribution in [1.82, 2.24) is 4.90 Å². The molecule has 0 aromatic heterocycles. The molecule has 0 spiro atoms. The van der Waals surface area contributed by atoms with Gasteiger partial charge < -0.3 is 15.7 Å².